The molecule has 0 aromatic heterocycles. The molecule has 1 aromatic rings. The molecule has 1 aromatic carbocycles. The van der Waals surface area contributed by atoms with Crippen molar-refractivity contribution in [2.24, 2.45) is 11.5 Å². The van der Waals surface area contributed by atoms with E-state index in [1.54, 1.807) is 12.1 Å². The molecule has 16 heteroatoms. The lowest BCUT2D eigenvalue weighted by molar-refractivity contribution is -0.133. The van der Waals surface area contributed by atoms with E-state index in [-0.39, 0.29) is 49.1 Å². The van der Waals surface area contributed by atoms with Gasteiger partial charge in [-0.2, -0.15) is 25.3 Å². The number of phenolic OH excluding ortho intramolecular Hbond substituents is 1. The Morgan fingerprint density at radius 2 is 1.49 bits per heavy atom. The molecule has 4 atom stereocenters. The van der Waals surface area contributed by atoms with Crippen molar-refractivity contribution in [3.63, 3.8) is 0 Å². The van der Waals surface area contributed by atoms with E-state index < -0.39 is 47.8 Å². The van der Waals surface area contributed by atoms with Gasteiger partial charge in [-0.15, -0.1) is 0 Å². The van der Waals surface area contributed by atoms with Gasteiger partial charge in [-0.05, 0) is 30.5 Å². The number of thiol groups is 2. The molecule has 4 amide bonds. The van der Waals surface area contributed by atoms with Gasteiger partial charge in [0.2, 0.25) is 29.9 Å². The lowest BCUT2D eigenvalue weighted by Crippen LogP contribution is -2.59. The summed E-state index contributed by atoms with van der Waals surface area (Å²) in [6.07, 6.45) is 2.02. The van der Waals surface area contributed by atoms with Crippen LogP contribution in [-0.4, -0.2) is 89.7 Å². The van der Waals surface area contributed by atoms with Crippen LogP contribution < -0.4 is 38.1 Å². The lowest BCUT2D eigenvalue weighted by Gasteiger charge is -2.25. The fourth-order valence-electron chi connectivity index (χ4n) is 3.22. The molecule has 1 radical (unpaired) electrons. The molecule has 0 aliphatic heterocycles. The summed E-state index contributed by atoms with van der Waals surface area (Å²) in [7, 11) is 0. The Morgan fingerprint density at radius 1 is 0.897 bits per heavy atom. The first-order valence-electron chi connectivity index (χ1n) is 11.9. The van der Waals surface area contributed by atoms with E-state index in [9.17, 15) is 29.1 Å². The van der Waals surface area contributed by atoms with Gasteiger partial charge in [-0.3, -0.25) is 29.4 Å². The van der Waals surface area contributed by atoms with Crippen LogP contribution >= 0.6 is 25.3 Å². The Labute approximate surface area is 237 Å². The molecule has 215 valence electrons. The van der Waals surface area contributed by atoms with E-state index in [0.29, 0.717) is 12.0 Å². The third kappa shape index (κ3) is 12.7. The van der Waals surface area contributed by atoms with E-state index in [2.05, 4.69) is 51.8 Å². The number of rotatable bonds is 17. The average molecular weight is 584 g/mol. The number of nitrogens with one attached hydrogen (secondary N) is 6. The number of benzene rings is 1. The van der Waals surface area contributed by atoms with Crippen molar-refractivity contribution in [1.29, 1.82) is 5.41 Å². The van der Waals surface area contributed by atoms with Crippen LogP contribution in [0.15, 0.2) is 24.3 Å². The van der Waals surface area contributed by atoms with E-state index in [4.69, 9.17) is 16.9 Å². The summed E-state index contributed by atoms with van der Waals surface area (Å²) in [5.41, 5.74) is 11.6. The average Bonchev–Trinajstić information content (AvgIpc) is 2.91. The van der Waals surface area contributed by atoms with Crippen molar-refractivity contribution in [2.45, 2.75) is 43.4 Å². The van der Waals surface area contributed by atoms with Crippen LogP contribution in [0.2, 0.25) is 0 Å². The topological polar surface area (TPSA) is 242 Å². The first kappa shape index (κ1) is 33.5. The quantitative estimate of drug-likeness (QED) is 0.0388. The molecule has 0 spiro atoms. The third-order valence-corrected chi connectivity index (χ3v) is 6.07. The Morgan fingerprint density at radius 3 is 2.05 bits per heavy atom. The van der Waals surface area contributed by atoms with Gasteiger partial charge < -0.3 is 43.2 Å². The predicted molar refractivity (Wildman–Crippen MR) is 151 cm³/mol. The summed E-state index contributed by atoms with van der Waals surface area (Å²) in [5, 5.41) is 29.2. The molecule has 0 bridgehead atoms. The van der Waals surface area contributed by atoms with Crippen molar-refractivity contribution >= 4 is 61.1 Å². The monoisotopic (exact) mass is 583 g/mol. The summed E-state index contributed by atoms with van der Waals surface area (Å²) in [6, 6.07) is 1.62. The number of carbonyl (C=O) groups excluding carboxylic acids is 5. The molecule has 1 rings (SSSR count). The summed E-state index contributed by atoms with van der Waals surface area (Å²) < 4.78 is 0. The van der Waals surface area contributed by atoms with Crippen molar-refractivity contribution in [3.05, 3.63) is 29.8 Å². The van der Waals surface area contributed by atoms with Crippen molar-refractivity contribution in [2.75, 3.05) is 24.6 Å². The minimum atomic E-state index is -1.19. The predicted octanol–water partition coefficient (Wildman–Crippen LogP) is -2.93. The first-order chi connectivity index (χ1) is 18.5. The molecule has 0 aliphatic carbocycles. The zero-order valence-corrected chi connectivity index (χ0v) is 22.9. The molecule has 39 heavy (non-hydrogen) atoms. The maximum absolute atomic E-state index is 13.2. The third-order valence-electron chi connectivity index (χ3n) is 5.31. The second-order valence-corrected chi connectivity index (χ2v) is 9.10. The molecule has 14 nitrogen and oxygen atoms in total. The zero-order valence-electron chi connectivity index (χ0n) is 21.1. The van der Waals surface area contributed by atoms with Crippen molar-refractivity contribution in [1.82, 2.24) is 26.6 Å². The van der Waals surface area contributed by atoms with Crippen molar-refractivity contribution < 1.29 is 29.1 Å². The number of hydrogen-bond donors (Lipinski definition) is 11. The normalized spacial score (nSPS) is 13.6. The molecular weight excluding hydrogens is 548 g/mol. The molecular formula is C23H35N8O6S2. The van der Waals surface area contributed by atoms with Crippen LogP contribution in [0.1, 0.15) is 18.4 Å². The Hall–Kier alpha value is -3.50. The smallest absolute Gasteiger partial charge is 0.244 e. The fourth-order valence-corrected chi connectivity index (χ4v) is 3.64. The highest BCUT2D eigenvalue weighted by molar-refractivity contribution is 7.80. The number of carbonyl (C=O) groups is 4. The standard InChI is InChI=1S/C23H35N8O6S2/c24-15(11-38)19(34)30-17(10-13-3-5-14(33)6-4-13)21(36)31-18(12-39)22(37)29-16(20(35)27-8-9-32)2-1-7-28-23(25)26/h3-6,15-18,33,38-39H,1-2,7-8,10-12,24H2,(H,27,35)(H,29,37)(H,30,34)(H,31,36)(H4,25,26,28)/t15-,16-,17-,18-/m0/s1. The highest BCUT2D eigenvalue weighted by Crippen LogP contribution is 2.12. The highest BCUT2D eigenvalue weighted by atomic mass is 32.1. The SMILES string of the molecule is N=C(N)NCCC[C@H](NC(=O)[C@H](CS)NC(=O)[C@H](Cc1ccc(O)cc1)NC(=O)[C@@H](N)CS)C(=O)NC[C]=O. The zero-order chi connectivity index (χ0) is 29.4. The summed E-state index contributed by atoms with van der Waals surface area (Å²) in [4.78, 5) is 61.5. The Bertz CT molecular complexity index is 997. The minimum absolute atomic E-state index is 0.0223. The summed E-state index contributed by atoms with van der Waals surface area (Å²) in [6.45, 7) is -0.120. The van der Waals surface area contributed by atoms with E-state index >= 15 is 0 Å². The van der Waals surface area contributed by atoms with Gasteiger partial charge in [-0.1, -0.05) is 12.1 Å². The van der Waals surface area contributed by atoms with Crippen molar-refractivity contribution in [3.8, 4) is 5.75 Å². The van der Waals surface area contributed by atoms with E-state index in [0.717, 1.165) is 0 Å². The van der Waals surface area contributed by atoms with Crippen LogP contribution in [0, 0.1) is 5.41 Å². The molecule has 0 fully saturated rings. The minimum Gasteiger partial charge on any atom is -0.508 e. The lowest BCUT2D eigenvalue weighted by atomic mass is 10.0. The summed E-state index contributed by atoms with van der Waals surface area (Å²) in [5.74, 6) is -3.04. The van der Waals surface area contributed by atoms with Gasteiger partial charge in [0.1, 0.15) is 23.9 Å². The van der Waals surface area contributed by atoms with Crippen LogP contribution in [0.5, 0.6) is 5.75 Å². The van der Waals surface area contributed by atoms with Gasteiger partial charge in [0.15, 0.2) is 5.96 Å². The Balaban J connectivity index is 2.99. The second kappa shape index (κ2) is 17.9. The first-order valence-corrected chi connectivity index (χ1v) is 13.2. The molecule has 0 saturated heterocycles. The number of hydrogen-bond acceptors (Lipinski definition) is 10. The second-order valence-electron chi connectivity index (χ2n) is 8.37. The largest absolute Gasteiger partial charge is 0.508 e. The molecule has 0 unspecified atom stereocenters. The van der Waals surface area contributed by atoms with Crippen LogP contribution in [-0.2, 0) is 30.4 Å². The van der Waals surface area contributed by atoms with Crippen LogP contribution in [0.4, 0.5) is 0 Å². The van der Waals surface area contributed by atoms with Gasteiger partial charge in [-0.25, -0.2) is 0 Å². The Kier molecular flexibility index (Phi) is 15.4. The molecule has 0 saturated carbocycles. The van der Waals surface area contributed by atoms with Crippen LogP contribution in [0.3, 0.4) is 0 Å². The number of amides is 4. The fraction of sp³-hybridized carbons (Fsp3) is 0.478. The number of guanidine groups is 1. The maximum atomic E-state index is 13.2. The van der Waals surface area contributed by atoms with Gasteiger partial charge >= 0.3 is 0 Å². The van der Waals surface area contributed by atoms with E-state index in [1.807, 2.05) is 0 Å². The van der Waals surface area contributed by atoms with Gasteiger partial charge in [0, 0.05) is 24.5 Å². The number of aromatic hydroxyl groups is 1. The molecule has 11 N–H and O–H groups in total. The van der Waals surface area contributed by atoms with E-state index in [1.165, 1.54) is 18.4 Å². The molecule has 0 heterocycles. The highest BCUT2D eigenvalue weighted by Gasteiger charge is 2.30. The van der Waals surface area contributed by atoms with Gasteiger partial charge in [0.25, 0.3) is 0 Å². The number of phenols is 1. The maximum Gasteiger partial charge on any atom is 0.244 e. The van der Waals surface area contributed by atoms with Crippen LogP contribution in [0.25, 0.3) is 0 Å². The molecule has 0 aliphatic rings. The number of nitrogens with two attached hydrogens (primary N) is 2. The summed E-state index contributed by atoms with van der Waals surface area (Å²) >= 11 is 8.14. The van der Waals surface area contributed by atoms with Gasteiger partial charge in [0.05, 0.1) is 12.6 Å².